The van der Waals surface area contributed by atoms with Crippen LogP contribution in [0.1, 0.15) is 17.8 Å². The van der Waals surface area contributed by atoms with Gasteiger partial charge in [0.2, 0.25) is 5.16 Å². The van der Waals surface area contributed by atoms with Gasteiger partial charge in [-0.1, -0.05) is 0 Å². The molecule has 5 heteroatoms. The van der Waals surface area contributed by atoms with Gasteiger partial charge >= 0.3 is 0 Å². The van der Waals surface area contributed by atoms with E-state index in [9.17, 15) is 4.21 Å². The minimum absolute atomic E-state index is 0.490. The number of hydrogen-bond donors (Lipinski definition) is 1. The van der Waals surface area contributed by atoms with Gasteiger partial charge in [0, 0.05) is 17.1 Å². The van der Waals surface area contributed by atoms with Crippen LogP contribution in [0.25, 0.3) is 0 Å². The predicted molar refractivity (Wildman–Crippen MR) is 63.8 cm³/mol. The van der Waals surface area contributed by atoms with Crippen LogP contribution in [0.15, 0.2) is 11.2 Å². The lowest BCUT2D eigenvalue weighted by Gasteiger charge is -2.07. The van der Waals surface area contributed by atoms with Crippen LogP contribution in [-0.4, -0.2) is 33.0 Å². The second kappa shape index (κ2) is 5.01. The Hall–Kier alpha value is -0.810. The Morgan fingerprint density at radius 1 is 1.44 bits per heavy atom. The summed E-state index contributed by atoms with van der Waals surface area (Å²) in [6.45, 7) is 5.82. The van der Waals surface area contributed by atoms with Crippen molar-refractivity contribution in [3.63, 3.8) is 0 Å². The van der Waals surface area contributed by atoms with Gasteiger partial charge in [0.05, 0.1) is 10.8 Å². The molecule has 0 spiro atoms. The lowest BCUT2D eigenvalue weighted by Crippen LogP contribution is -2.16. The Kier molecular flexibility index (Phi) is 3.66. The summed E-state index contributed by atoms with van der Waals surface area (Å²) in [7, 11) is -1.06. The molecule has 1 N–H and O–H groups in total. The average molecular weight is 239 g/mol. The molecule has 0 amide bonds. The summed E-state index contributed by atoms with van der Waals surface area (Å²) in [6, 6.07) is 1.90. The molecule has 1 aliphatic heterocycles. The molecular weight excluding hydrogens is 222 g/mol. The van der Waals surface area contributed by atoms with Gasteiger partial charge in [-0.2, -0.15) is 0 Å². The summed E-state index contributed by atoms with van der Waals surface area (Å²) in [4.78, 5) is 8.49. The van der Waals surface area contributed by atoms with E-state index in [4.69, 9.17) is 0 Å². The van der Waals surface area contributed by atoms with Crippen LogP contribution in [0.2, 0.25) is 0 Å². The fourth-order valence-corrected chi connectivity index (χ4v) is 3.29. The molecule has 4 nitrogen and oxygen atoms in total. The molecular formula is C11H17N3OS. The molecule has 1 aromatic rings. The largest absolute Gasteiger partial charge is 0.316 e. The Morgan fingerprint density at radius 2 is 2.12 bits per heavy atom. The third-order valence-electron chi connectivity index (χ3n) is 2.71. The van der Waals surface area contributed by atoms with Gasteiger partial charge in [-0.25, -0.2) is 9.97 Å². The van der Waals surface area contributed by atoms with Crippen molar-refractivity contribution in [3.05, 3.63) is 17.5 Å². The van der Waals surface area contributed by atoms with Crippen LogP contribution in [0, 0.1) is 19.8 Å². The first-order valence-electron chi connectivity index (χ1n) is 5.56. The first-order chi connectivity index (χ1) is 7.65. The van der Waals surface area contributed by atoms with E-state index >= 15 is 0 Å². The van der Waals surface area contributed by atoms with Crippen molar-refractivity contribution in [2.75, 3.05) is 18.8 Å². The van der Waals surface area contributed by atoms with Gasteiger partial charge in [0.1, 0.15) is 0 Å². The molecule has 88 valence electrons. The Balaban J connectivity index is 2.07. The van der Waals surface area contributed by atoms with Gasteiger partial charge in [-0.05, 0) is 45.3 Å². The highest BCUT2D eigenvalue weighted by molar-refractivity contribution is 7.84. The van der Waals surface area contributed by atoms with E-state index in [2.05, 4.69) is 15.3 Å². The highest BCUT2D eigenvalue weighted by atomic mass is 32.2. The SMILES string of the molecule is Cc1cc(C)nc(S(=O)CC2CCNC2)n1. The predicted octanol–water partition coefficient (Wildman–Crippen LogP) is 0.811. The smallest absolute Gasteiger partial charge is 0.218 e. The molecule has 0 aromatic carbocycles. The highest BCUT2D eigenvalue weighted by Gasteiger charge is 2.19. The van der Waals surface area contributed by atoms with E-state index in [1.807, 2.05) is 19.9 Å². The average Bonchev–Trinajstić information content (AvgIpc) is 2.68. The van der Waals surface area contributed by atoms with Crippen molar-refractivity contribution in [2.24, 2.45) is 5.92 Å². The normalized spacial score (nSPS) is 22.2. The van der Waals surface area contributed by atoms with E-state index < -0.39 is 10.8 Å². The fraction of sp³-hybridized carbons (Fsp3) is 0.636. The Bertz CT molecular complexity index is 382. The first-order valence-corrected chi connectivity index (χ1v) is 6.88. The van der Waals surface area contributed by atoms with E-state index in [0.29, 0.717) is 16.8 Å². The summed E-state index contributed by atoms with van der Waals surface area (Å²) >= 11 is 0. The molecule has 16 heavy (non-hydrogen) atoms. The number of hydrogen-bond acceptors (Lipinski definition) is 4. The maximum Gasteiger partial charge on any atom is 0.218 e. The third kappa shape index (κ3) is 2.86. The summed E-state index contributed by atoms with van der Waals surface area (Å²) in [5.41, 5.74) is 1.78. The molecule has 1 aliphatic rings. The summed E-state index contributed by atoms with van der Waals surface area (Å²) in [6.07, 6.45) is 1.11. The molecule has 2 atom stereocenters. The number of aromatic nitrogens is 2. The minimum atomic E-state index is -1.06. The molecule has 1 fully saturated rings. The standard InChI is InChI=1S/C11H17N3OS/c1-8-5-9(2)14-11(13-8)16(15)7-10-3-4-12-6-10/h5,10,12H,3-4,6-7H2,1-2H3. The van der Waals surface area contributed by atoms with Gasteiger partial charge < -0.3 is 5.32 Å². The Morgan fingerprint density at radius 3 is 2.69 bits per heavy atom. The van der Waals surface area contributed by atoms with Crippen LogP contribution < -0.4 is 5.32 Å². The van der Waals surface area contributed by atoms with Crippen molar-refractivity contribution in [2.45, 2.75) is 25.4 Å². The number of nitrogens with one attached hydrogen (secondary N) is 1. The van der Waals surface area contributed by atoms with Crippen molar-refractivity contribution in [1.82, 2.24) is 15.3 Å². The second-order valence-corrected chi connectivity index (χ2v) is 5.69. The minimum Gasteiger partial charge on any atom is -0.316 e. The van der Waals surface area contributed by atoms with E-state index in [1.54, 1.807) is 0 Å². The molecule has 2 heterocycles. The molecule has 1 saturated heterocycles. The van der Waals surface area contributed by atoms with Crippen molar-refractivity contribution >= 4 is 10.8 Å². The molecule has 0 aliphatic carbocycles. The maximum absolute atomic E-state index is 12.1. The fourth-order valence-electron chi connectivity index (χ4n) is 1.94. The zero-order valence-electron chi connectivity index (χ0n) is 9.69. The van der Waals surface area contributed by atoms with Crippen LogP contribution >= 0.6 is 0 Å². The van der Waals surface area contributed by atoms with E-state index in [0.717, 1.165) is 30.9 Å². The van der Waals surface area contributed by atoms with Crippen molar-refractivity contribution < 1.29 is 4.21 Å². The molecule has 2 rings (SSSR count). The molecule has 2 unspecified atom stereocenters. The zero-order valence-corrected chi connectivity index (χ0v) is 10.5. The van der Waals surface area contributed by atoms with E-state index in [-0.39, 0.29) is 0 Å². The molecule has 0 bridgehead atoms. The zero-order chi connectivity index (χ0) is 11.5. The lowest BCUT2D eigenvalue weighted by molar-refractivity contribution is 0.627. The van der Waals surface area contributed by atoms with Gasteiger partial charge in [0.25, 0.3) is 0 Å². The number of rotatable bonds is 3. The van der Waals surface area contributed by atoms with Crippen LogP contribution in [0.4, 0.5) is 0 Å². The van der Waals surface area contributed by atoms with Gasteiger partial charge in [-0.3, -0.25) is 4.21 Å². The second-order valence-electron chi connectivity index (χ2n) is 4.30. The Labute approximate surface area is 98.3 Å². The summed E-state index contributed by atoms with van der Waals surface area (Å²) < 4.78 is 12.1. The third-order valence-corrected chi connectivity index (χ3v) is 4.08. The first kappa shape index (κ1) is 11.7. The van der Waals surface area contributed by atoms with E-state index in [1.165, 1.54) is 0 Å². The molecule has 1 aromatic heterocycles. The summed E-state index contributed by atoms with van der Waals surface area (Å²) in [5.74, 6) is 1.18. The topological polar surface area (TPSA) is 54.9 Å². The maximum atomic E-state index is 12.1. The van der Waals surface area contributed by atoms with Gasteiger partial charge in [-0.15, -0.1) is 0 Å². The van der Waals surface area contributed by atoms with Gasteiger partial charge in [0.15, 0.2) is 0 Å². The van der Waals surface area contributed by atoms with Crippen LogP contribution in [-0.2, 0) is 10.8 Å². The quantitative estimate of drug-likeness (QED) is 0.793. The van der Waals surface area contributed by atoms with Crippen LogP contribution in [0.3, 0.4) is 0 Å². The number of aryl methyl sites for hydroxylation is 2. The molecule has 0 saturated carbocycles. The monoisotopic (exact) mass is 239 g/mol. The summed E-state index contributed by atoms with van der Waals surface area (Å²) in [5, 5.41) is 3.77. The van der Waals surface area contributed by atoms with Crippen LogP contribution in [0.5, 0.6) is 0 Å². The molecule has 0 radical (unpaired) electrons. The highest BCUT2D eigenvalue weighted by Crippen LogP contribution is 2.12. The lowest BCUT2D eigenvalue weighted by atomic mass is 10.2. The number of nitrogens with zero attached hydrogens (tertiary/aromatic N) is 2. The van der Waals surface area contributed by atoms with Crippen molar-refractivity contribution in [3.8, 4) is 0 Å². The van der Waals surface area contributed by atoms with Crippen molar-refractivity contribution in [1.29, 1.82) is 0 Å².